The Morgan fingerprint density at radius 3 is 2.56 bits per heavy atom. The van der Waals surface area contributed by atoms with Crippen LogP contribution in [0, 0.1) is 11.6 Å². The molecular weight excluding hydrogens is 212 g/mol. The van der Waals surface area contributed by atoms with Crippen molar-refractivity contribution in [3.8, 4) is 11.1 Å². The van der Waals surface area contributed by atoms with Crippen molar-refractivity contribution in [2.75, 3.05) is 0 Å². The lowest BCUT2D eigenvalue weighted by atomic mass is 10.0. The summed E-state index contributed by atoms with van der Waals surface area (Å²) in [4.78, 5) is 14.3. The fourth-order valence-corrected chi connectivity index (χ4v) is 1.44. The van der Waals surface area contributed by atoms with Gasteiger partial charge in [-0.3, -0.25) is 4.79 Å². The third-order valence-electron chi connectivity index (χ3n) is 2.16. The summed E-state index contributed by atoms with van der Waals surface area (Å²) in [5.41, 5.74) is 0.344. The lowest BCUT2D eigenvalue weighted by Crippen LogP contribution is -1.95. The van der Waals surface area contributed by atoms with Gasteiger partial charge in [0.2, 0.25) is 0 Å². The smallest absolute Gasteiger partial charge is 0.169 e. The van der Waals surface area contributed by atoms with Gasteiger partial charge in [-0.25, -0.2) is 13.8 Å². The third-order valence-corrected chi connectivity index (χ3v) is 2.16. The second-order valence-corrected chi connectivity index (χ2v) is 3.18. The van der Waals surface area contributed by atoms with E-state index in [4.69, 9.17) is 0 Å². The average molecular weight is 219 g/mol. The van der Waals surface area contributed by atoms with Crippen LogP contribution in [0.15, 0.2) is 36.5 Å². The largest absolute Gasteiger partial charge is 0.296 e. The summed E-state index contributed by atoms with van der Waals surface area (Å²) in [6.07, 6.45) is 1.40. The Morgan fingerprint density at radius 1 is 1.12 bits per heavy atom. The predicted molar refractivity (Wildman–Crippen MR) is 55.0 cm³/mol. The van der Waals surface area contributed by atoms with E-state index in [0.717, 1.165) is 12.3 Å². The van der Waals surface area contributed by atoms with Crippen LogP contribution in [0.5, 0.6) is 0 Å². The number of pyridine rings is 1. The molecule has 0 atom stereocenters. The van der Waals surface area contributed by atoms with E-state index in [9.17, 15) is 13.6 Å². The summed E-state index contributed by atoms with van der Waals surface area (Å²) >= 11 is 0. The molecule has 0 saturated carbocycles. The molecular formula is C12H7F2NO. The zero-order valence-corrected chi connectivity index (χ0v) is 8.15. The van der Waals surface area contributed by atoms with Crippen molar-refractivity contribution in [1.29, 1.82) is 0 Å². The third kappa shape index (κ3) is 1.82. The minimum Gasteiger partial charge on any atom is -0.296 e. The number of aldehydes is 1. The number of halogens is 2. The maximum absolute atomic E-state index is 13.5. The molecule has 2 aromatic rings. The molecule has 0 saturated heterocycles. The van der Waals surface area contributed by atoms with E-state index in [2.05, 4.69) is 4.98 Å². The number of hydrogen-bond donors (Lipinski definition) is 0. The molecule has 1 heterocycles. The Bertz CT molecular complexity index is 540. The first-order valence-electron chi connectivity index (χ1n) is 4.58. The highest BCUT2D eigenvalue weighted by atomic mass is 19.1. The summed E-state index contributed by atoms with van der Waals surface area (Å²) in [6, 6.07) is 6.94. The van der Waals surface area contributed by atoms with Gasteiger partial charge in [0.25, 0.3) is 0 Å². The van der Waals surface area contributed by atoms with E-state index < -0.39 is 11.6 Å². The number of hydrogen-bond acceptors (Lipinski definition) is 2. The summed E-state index contributed by atoms with van der Waals surface area (Å²) < 4.78 is 26.5. The number of benzene rings is 1. The summed E-state index contributed by atoms with van der Waals surface area (Å²) in [5, 5.41) is 0. The molecule has 0 aliphatic carbocycles. The molecule has 1 aromatic carbocycles. The van der Waals surface area contributed by atoms with Gasteiger partial charge >= 0.3 is 0 Å². The summed E-state index contributed by atoms with van der Waals surface area (Å²) in [7, 11) is 0. The molecule has 0 aliphatic heterocycles. The van der Waals surface area contributed by atoms with Crippen molar-refractivity contribution in [3.63, 3.8) is 0 Å². The number of aromatic nitrogens is 1. The van der Waals surface area contributed by atoms with Crippen LogP contribution < -0.4 is 0 Å². The van der Waals surface area contributed by atoms with E-state index in [-0.39, 0.29) is 16.8 Å². The highest BCUT2D eigenvalue weighted by Gasteiger charge is 2.11. The van der Waals surface area contributed by atoms with E-state index in [1.54, 1.807) is 6.07 Å². The zero-order chi connectivity index (χ0) is 11.5. The van der Waals surface area contributed by atoms with Crippen LogP contribution in [-0.4, -0.2) is 11.3 Å². The van der Waals surface area contributed by atoms with Crippen molar-refractivity contribution in [2.24, 2.45) is 0 Å². The molecule has 0 radical (unpaired) electrons. The molecule has 0 spiro atoms. The molecule has 2 nitrogen and oxygen atoms in total. The first-order chi connectivity index (χ1) is 7.72. The van der Waals surface area contributed by atoms with Gasteiger partial charge in [-0.05, 0) is 12.1 Å². The quantitative estimate of drug-likeness (QED) is 0.727. The Balaban J connectivity index is 2.67. The molecule has 80 valence electrons. The van der Waals surface area contributed by atoms with Crippen LogP contribution in [0.4, 0.5) is 8.78 Å². The Kier molecular flexibility index (Phi) is 2.72. The van der Waals surface area contributed by atoms with Gasteiger partial charge in [0.15, 0.2) is 6.29 Å². The van der Waals surface area contributed by atoms with Crippen LogP contribution in [0.1, 0.15) is 10.5 Å². The fourth-order valence-electron chi connectivity index (χ4n) is 1.44. The van der Waals surface area contributed by atoms with Gasteiger partial charge in [-0.2, -0.15) is 0 Å². The van der Waals surface area contributed by atoms with Crippen molar-refractivity contribution in [3.05, 3.63) is 53.9 Å². The molecule has 16 heavy (non-hydrogen) atoms. The second-order valence-electron chi connectivity index (χ2n) is 3.18. The molecule has 1 aromatic heterocycles. The van der Waals surface area contributed by atoms with Crippen LogP contribution in [0.3, 0.4) is 0 Å². The molecule has 2 rings (SSSR count). The average Bonchev–Trinajstić information content (AvgIpc) is 2.29. The first-order valence-corrected chi connectivity index (χ1v) is 4.58. The zero-order valence-electron chi connectivity index (χ0n) is 8.15. The van der Waals surface area contributed by atoms with Crippen LogP contribution in [-0.2, 0) is 0 Å². The van der Waals surface area contributed by atoms with Crippen LogP contribution >= 0.6 is 0 Å². The Labute approximate surface area is 90.6 Å². The maximum Gasteiger partial charge on any atom is 0.169 e. The Morgan fingerprint density at radius 2 is 1.88 bits per heavy atom. The molecule has 0 unspecified atom stereocenters. The number of carbonyl (C=O) groups excluding carboxylic acids is 1. The van der Waals surface area contributed by atoms with Crippen molar-refractivity contribution < 1.29 is 13.6 Å². The molecule has 0 aliphatic rings. The predicted octanol–water partition coefficient (Wildman–Crippen LogP) is 2.84. The van der Waals surface area contributed by atoms with Crippen molar-refractivity contribution >= 4 is 6.29 Å². The fraction of sp³-hybridized carbons (Fsp3) is 0. The SMILES string of the molecule is O=Cc1ncc(F)cc1-c1ccccc1F. The van der Waals surface area contributed by atoms with Gasteiger partial charge in [0.1, 0.15) is 17.3 Å². The molecule has 0 bridgehead atoms. The van der Waals surface area contributed by atoms with Crippen molar-refractivity contribution in [1.82, 2.24) is 4.98 Å². The maximum atomic E-state index is 13.5. The molecule has 0 N–H and O–H groups in total. The Hall–Kier alpha value is -2.10. The monoisotopic (exact) mass is 219 g/mol. The number of nitrogens with zero attached hydrogens (tertiary/aromatic N) is 1. The van der Waals surface area contributed by atoms with Gasteiger partial charge in [-0.15, -0.1) is 0 Å². The highest BCUT2D eigenvalue weighted by Crippen LogP contribution is 2.24. The van der Waals surface area contributed by atoms with E-state index in [1.165, 1.54) is 18.2 Å². The standard InChI is InChI=1S/C12H7F2NO/c13-8-5-10(12(7-16)15-6-8)9-3-1-2-4-11(9)14/h1-7H. The van der Waals surface area contributed by atoms with E-state index >= 15 is 0 Å². The van der Waals surface area contributed by atoms with E-state index in [1.807, 2.05) is 0 Å². The number of rotatable bonds is 2. The summed E-state index contributed by atoms with van der Waals surface area (Å²) in [5.74, 6) is -1.12. The van der Waals surface area contributed by atoms with E-state index in [0.29, 0.717) is 6.29 Å². The highest BCUT2D eigenvalue weighted by molar-refractivity contribution is 5.85. The summed E-state index contributed by atoms with van der Waals surface area (Å²) in [6.45, 7) is 0. The van der Waals surface area contributed by atoms with Gasteiger partial charge in [0, 0.05) is 11.1 Å². The lowest BCUT2D eigenvalue weighted by Gasteiger charge is -2.05. The minimum absolute atomic E-state index is 0.0199. The molecule has 0 fully saturated rings. The minimum atomic E-state index is -0.608. The van der Waals surface area contributed by atoms with Gasteiger partial charge in [0.05, 0.1) is 6.20 Å². The lowest BCUT2D eigenvalue weighted by molar-refractivity contribution is 0.111. The normalized spacial score (nSPS) is 10.1. The second kappa shape index (κ2) is 4.18. The van der Waals surface area contributed by atoms with Gasteiger partial charge in [-0.1, -0.05) is 18.2 Å². The van der Waals surface area contributed by atoms with Crippen molar-refractivity contribution in [2.45, 2.75) is 0 Å². The van der Waals surface area contributed by atoms with Gasteiger partial charge < -0.3 is 0 Å². The first kappa shape index (κ1) is 10.4. The van der Waals surface area contributed by atoms with Crippen LogP contribution in [0.2, 0.25) is 0 Å². The molecule has 4 heteroatoms. The molecule has 0 amide bonds. The number of carbonyl (C=O) groups is 1. The van der Waals surface area contributed by atoms with Crippen LogP contribution in [0.25, 0.3) is 11.1 Å². The topological polar surface area (TPSA) is 30.0 Å².